The van der Waals surface area contributed by atoms with Crippen LogP contribution in [0.4, 0.5) is 0 Å². The number of morpholine rings is 1. The Balaban J connectivity index is 2.19. The molecule has 2 rings (SSSR count). The second-order valence-corrected chi connectivity index (χ2v) is 5.87. The maximum absolute atomic E-state index is 10.0. The molecular formula is C14H19Cl2NO2. The summed E-state index contributed by atoms with van der Waals surface area (Å²) < 4.78 is 5.67. The molecule has 1 aliphatic rings. The normalized spacial score (nSPS) is 24.6. The van der Waals surface area contributed by atoms with Crippen LogP contribution >= 0.6 is 23.2 Å². The number of nitrogens with zero attached hydrogens (tertiary/aromatic N) is 1. The minimum Gasteiger partial charge on any atom is -0.506 e. The monoisotopic (exact) mass is 303 g/mol. The molecule has 0 radical (unpaired) electrons. The van der Waals surface area contributed by atoms with Crippen LogP contribution in [-0.2, 0) is 11.3 Å². The van der Waals surface area contributed by atoms with Crippen LogP contribution in [-0.4, -0.2) is 35.3 Å². The van der Waals surface area contributed by atoms with Crippen LogP contribution < -0.4 is 0 Å². The molecule has 0 aliphatic carbocycles. The molecule has 0 saturated carbocycles. The molecule has 19 heavy (non-hydrogen) atoms. The lowest BCUT2D eigenvalue weighted by atomic mass is 10.1. The van der Waals surface area contributed by atoms with E-state index in [0.717, 1.165) is 25.1 Å². The number of phenols is 1. The number of phenolic OH excluding ortho intramolecular Hbond substituents is 1. The SMILES string of the molecule is CCC1COC(C)CN1Cc1cc(Cl)cc(Cl)c1O. The van der Waals surface area contributed by atoms with Crippen molar-refractivity contribution < 1.29 is 9.84 Å². The number of benzene rings is 1. The molecule has 1 aromatic rings. The van der Waals surface area contributed by atoms with Gasteiger partial charge in [-0.15, -0.1) is 0 Å². The molecule has 106 valence electrons. The van der Waals surface area contributed by atoms with Crippen LogP contribution in [0.1, 0.15) is 25.8 Å². The molecule has 3 nitrogen and oxygen atoms in total. The van der Waals surface area contributed by atoms with Gasteiger partial charge in [-0.05, 0) is 25.5 Å². The average Bonchev–Trinajstić information content (AvgIpc) is 2.35. The number of hydrogen-bond acceptors (Lipinski definition) is 3. The van der Waals surface area contributed by atoms with Gasteiger partial charge in [-0.2, -0.15) is 0 Å². The summed E-state index contributed by atoms with van der Waals surface area (Å²) in [6.45, 7) is 6.42. The van der Waals surface area contributed by atoms with E-state index in [2.05, 4.69) is 18.7 Å². The maximum atomic E-state index is 10.0. The molecule has 1 fully saturated rings. The van der Waals surface area contributed by atoms with Crippen LogP contribution in [0.25, 0.3) is 0 Å². The summed E-state index contributed by atoms with van der Waals surface area (Å²) in [4.78, 5) is 2.32. The Morgan fingerprint density at radius 3 is 2.84 bits per heavy atom. The van der Waals surface area contributed by atoms with Crippen molar-refractivity contribution in [2.45, 2.75) is 39.0 Å². The van der Waals surface area contributed by atoms with Gasteiger partial charge in [0.15, 0.2) is 0 Å². The van der Waals surface area contributed by atoms with Crippen molar-refractivity contribution in [3.8, 4) is 5.75 Å². The van der Waals surface area contributed by atoms with Gasteiger partial charge in [-0.3, -0.25) is 4.90 Å². The average molecular weight is 304 g/mol. The Morgan fingerprint density at radius 1 is 1.42 bits per heavy atom. The van der Waals surface area contributed by atoms with E-state index in [9.17, 15) is 5.11 Å². The summed E-state index contributed by atoms with van der Waals surface area (Å²) in [5.74, 6) is 0.125. The summed E-state index contributed by atoms with van der Waals surface area (Å²) in [5.41, 5.74) is 0.769. The van der Waals surface area contributed by atoms with Gasteiger partial charge in [0, 0.05) is 29.7 Å². The van der Waals surface area contributed by atoms with Crippen LogP contribution in [0.3, 0.4) is 0 Å². The minimum atomic E-state index is 0.125. The first-order valence-corrected chi connectivity index (χ1v) is 7.29. The van der Waals surface area contributed by atoms with E-state index in [1.54, 1.807) is 12.1 Å². The Morgan fingerprint density at radius 2 is 2.16 bits per heavy atom. The molecular weight excluding hydrogens is 285 g/mol. The van der Waals surface area contributed by atoms with Crippen LogP contribution in [0.5, 0.6) is 5.75 Å². The van der Waals surface area contributed by atoms with Gasteiger partial charge in [-0.25, -0.2) is 0 Å². The zero-order valence-electron chi connectivity index (χ0n) is 11.2. The molecule has 0 spiro atoms. The van der Waals surface area contributed by atoms with E-state index in [-0.39, 0.29) is 11.9 Å². The van der Waals surface area contributed by atoms with Gasteiger partial charge >= 0.3 is 0 Å². The van der Waals surface area contributed by atoms with Gasteiger partial charge in [0.05, 0.1) is 17.7 Å². The number of ether oxygens (including phenoxy) is 1. The van der Waals surface area contributed by atoms with Crippen molar-refractivity contribution in [2.75, 3.05) is 13.2 Å². The number of rotatable bonds is 3. The highest BCUT2D eigenvalue weighted by Gasteiger charge is 2.26. The Bertz CT molecular complexity index is 453. The second kappa shape index (κ2) is 6.31. The number of halogens is 2. The third kappa shape index (κ3) is 3.54. The maximum Gasteiger partial charge on any atom is 0.138 e. The Hall–Kier alpha value is -0.480. The smallest absolute Gasteiger partial charge is 0.138 e. The summed E-state index contributed by atoms with van der Waals surface area (Å²) in [6, 6.07) is 3.70. The van der Waals surface area contributed by atoms with Crippen molar-refractivity contribution in [1.29, 1.82) is 0 Å². The lowest BCUT2D eigenvalue weighted by molar-refractivity contribution is -0.0593. The largest absolute Gasteiger partial charge is 0.506 e. The molecule has 0 bridgehead atoms. The van der Waals surface area contributed by atoms with Crippen molar-refractivity contribution in [3.05, 3.63) is 27.7 Å². The molecule has 1 aliphatic heterocycles. The molecule has 0 amide bonds. The standard InChI is InChI=1S/C14H19Cl2NO2/c1-3-12-8-19-9(2)6-17(12)7-10-4-11(15)5-13(16)14(10)18/h4-5,9,12,18H,3,6-8H2,1-2H3. The fourth-order valence-electron chi connectivity index (χ4n) is 2.44. The van der Waals surface area contributed by atoms with E-state index < -0.39 is 0 Å². The topological polar surface area (TPSA) is 32.7 Å². The van der Waals surface area contributed by atoms with E-state index in [0.29, 0.717) is 22.6 Å². The van der Waals surface area contributed by atoms with Crippen LogP contribution in [0.2, 0.25) is 10.0 Å². The zero-order chi connectivity index (χ0) is 14.0. The summed E-state index contributed by atoms with van der Waals surface area (Å²) in [5, 5.41) is 10.9. The Kier molecular flexibility index (Phi) is 4.96. The highest BCUT2D eigenvalue weighted by molar-refractivity contribution is 6.35. The predicted molar refractivity (Wildman–Crippen MR) is 78.0 cm³/mol. The van der Waals surface area contributed by atoms with Crippen molar-refractivity contribution >= 4 is 23.2 Å². The van der Waals surface area contributed by atoms with E-state index >= 15 is 0 Å². The van der Waals surface area contributed by atoms with Gasteiger partial charge in [0.1, 0.15) is 5.75 Å². The van der Waals surface area contributed by atoms with E-state index in [1.807, 2.05) is 0 Å². The lowest BCUT2D eigenvalue weighted by Crippen LogP contribution is -2.47. The van der Waals surface area contributed by atoms with E-state index in [1.165, 1.54) is 0 Å². The molecule has 0 aromatic heterocycles. The molecule has 5 heteroatoms. The molecule has 2 atom stereocenters. The quantitative estimate of drug-likeness (QED) is 0.924. The van der Waals surface area contributed by atoms with Gasteiger partial charge in [-0.1, -0.05) is 30.1 Å². The van der Waals surface area contributed by atoms with Crippen molar-refractivity contribution in [3.63, 3.8) is 0 Å². The minimum absolute atomic E-state index is 0.125. The third-order valence-electron chi connectivity index (χ3n) is 3.53. The summed E-state index contributed by atoms with van der Waals surface area (Å²) in [7, 11) is 0. The highest BCUT2D eigenvalue weighted by Crippen LogP contribution is 2.32. The lowest BCUT2D eigenvalue weighted by Gasteiger charge is -2.38. The summed E-state index contributed by atoms with van der Waals surface area (Å²) in [6.07, 6.45) is 1.22. The molecule has 1 N–H and O–H groups in total. The van der Waals surface area contributed by atoms with Gasteiger partial charge < -0.3 is 9.84 Å². The van der Waals surface area contributed by atoms with Gasteiger partial charge in [0.25, 0.3) is 0 Å². The first-order chi connectivity index (χ1) is 9.01. The molecule has 1 heterocycles. The van der Waals surface area contributed by atoms with E-state index in [4.69, 9.17) is 27.9 Å². The number of hydrogen-bond donors (Lipinski definition) is 1. The fraction of sp³-hybridized carbons (Fsp3) is 0.571. The summed E-state index contributed by atoms with van der Waals surface area (Å²) >= 11 is 12.0. The highest BCUT2D eigenvalue weighted by atomic mass is 35.5. The fourth-order valence-corrected chi connectivity index (χ4v) is 2.98. The third-order valence-corrected chi connectivity index (χ3v) is 4.04. The predicted octanol–water partition coefficient (Wildman–Crippen LogP) is 3.70. The molecule has 1 saturated heterocycles. The van der Waals surface area contributed by atoms with Crippen LogP contribution in [0.15, 0.2) is 12.1 Å². The molecule has 2 unspecified atom stereocenters. The Labute approximate surface area is 124 Å². The molecule has 1 aromatic carbocycles. The second-order valence-electron chi connectivity index (χ2n) is 5.03. The van der Waals surface area contributed by atoms with Crippen molar-refractivity contribution in [2.24, 2.45) is 0 Å². The van der Waals surface area contributed by atoms with Crippen LogP contribution in [0, 0.1) is 0 Å². The first-order valence-electron chi connectivity index (χ1n) is 6.53. The zero-order valence-corrected chi connectivity index (χ0v) is 12.7. The van der Waals surface area contributed by atoms with Gasteiger partial charge in [0.2, 0.25) is 0 Å². The number of aromatic hydroxyl groups is 1. The van der Waals surface area contributed by atoms with Crippen molar-refractivity contribution in [1.82, 2.24) is 4.90 Å². The first kappa shape index (κ1) is 14.9.